The van der Waals surface area contributed by atoms with Crippen LogP contribution < -0.4 is 5.32 Å². The minimum absolute atomic E-state index is 0.196. The molecule has 0 saturated heterocycles. The maximum atomic E-state index is 13.3. The third-order valence-corrected chi connectivity index (χ3v) is 3.34. The fourth-order valence-corrected chi connectivity index (χ4v) is 2.22. The van der Waals surface area contributed by atoms with Crippen LogP contribution >= 0.6 is 0 Å². The smallest absolute Gasteiger partial charge is 0.309 e. The van der Waals surface area contributed by atoms with Gasteiger partial charge in [-0.2, -0.15) is 0 Å². The summed E-state index contributed by atoms with van der Waals surface area (Å²) in [5.41, 5.74) is -0.504. The van der Waals surface area contributed by atoms with Gasteiger partial charge in [0.1, 0.15) is 0 Å². The second kappa shape index (κ2) is 6.60. The molecule has 0 bridgehead atoms. The maximum Gasteiger partial charge on any atom is 0.309 e. The Labute approximate surface area is 119 Å². The molecule has 1 aliphatic carbocycles. The van der Waals surface area contributed by atoms with Crippen LogP contribution in [0.2, 0.25) is 0 Å². The summed E-state index contributed by atoms with van der Waals surface area (Å²) in [4.78, 5) is 23.1. The highest BCUT2D eigenvalue weighted by molar-refractivity contribution is 5.93. The third-order valence-electron chi connectivity index (χ3n) is 3.34. The number of hydrogen-bond donors (Lipinski definition) is 1. The molecule has 114 valence electrons. The van der Waals surface area contributed by atoms with Crippen molar-refractivity contribution in [2.24, 2.45) is 5.92 Å². The molecule has 1 fully saturated rings. The van der Waals surface area contributed by atoms with Crippen LogP contribution in [0.5, 0.6) is 0 Å². The second-order valence-electron chi connectivity index (χ2n) is 4.86. The van der Waals surface area contributed by atoms with Crippen molar-refractivity contribution in [1.29, 1.82) is 0 Å². The summed E-state index contributed by atoms with van der Waals surface area (Å²) in [6.07, 6.45) is 3.37. The fourth-order valence-electron chi connectivity index (χ4n) is 2.22. The Kier molecular flexibility index (Phi) is 4.82. The topological polar surface area (TPSA) is 55.4 Å². The molecule has 21 heavy (non-hydrogen) atoms. The summed E-state index contributed by atoms with van der Waals surface area (Å²) in [6.45, 7) is -0.590. The van der Waals surface area contributed by atoms with E-state index in [9.17, 15) is 22.8 Å². The Morgan fingerprint density at radius 3 is 2.48 bits per heavy atom. The SMILES string of the molecule is O=C(COC(=O)C1CCCC1)Nc1ccc(F)c(F)c1F. The molecular weight excluding hydrogens is 287 g/mol. The Hall–Kier alpha value is -2.05. The van der Waals surface area contributed by atoms with Crippen molar-refractivity contribution in [1.82, 2.24) is 0 Å². The number of carbonyl (C=O) groups excluding carboxylic acids is 2. The molecule has 4 nitrogen and oxygen atoms in total. The summed E-state index contributed by atoms with van der Waals surface area (Å²) in [5.74, 6) is -5.99. The molecule has 7 heteroatoms. The molecule has 1 aromatic carbocycles. The van der Waals surface area contributed by atoms with Crippen LogP contribution in [0.3, 0.4) is 0 Å². The summed E-state index contributed by atoms with van der Waals surface area (Å²) in [7, 11) is 0. The Morgan fingerprint density at radius 2 is 1.81 bits per heavy atom. The molecule has 0 unspecified atom stereocenters. The molecule has 0 radical (unpaired) electrons. The average Bonchev–Trinajstić information content (AvgIpc) is 3.00. The molecule has 1 N–H and O–H groups in total. The highest BCUT2D eigenvalue weighted by Gasteiger charge is 2.24. The van der Waals surface area contributed by atoms with Gasteiger partial charge in [0, 0.05) is 0 Å². The van der Waals surface area contributed by atoms with Gasteiger partial charge < -0.3 is 10.1 Å². The van der Waals surface area contributed by atoms with E-state index in [2.05, 4.69) is 0 Å². The number of halogens is 3. The molecule has 1 aliphatic rings. The summed E-state index contributed by atoms with van der Waals surface area (Å²) >= 11 is 0. The van der Waals surface area contributed by atoms with E-state index in [0.717, 1.165) is 31.7 Å². The molecule has 1 saturated carbocycles. The predicted molar refractivity (Wildman–Crippen MR) is 67.9 cm³/mol. The quantitative estimate of drug-likeness (QED) is 0.687. The molecule has 2 rings (SSSR count). The largest absolute Gasteiger partial charge is 0.455 e. The lowest BCUT2D eigenvalue weighted by atomic mass is 10.1. The van der Waals surface area contributed by atoms with Gasteiger partial charge in [0.25, 0.3) is 5.91 Å². The number of anilines is 1. The van der Waals surface area contributed by atoms with Gasteiger partial charge in [-0.25, -0.2) is 13.2 Å². The lowest BCUT2D eigenvalue weighted by Gasteiger charge is -2.10. The van der Waals surface area contributed by atoms with Crippen LogP contribution in [-0.4, -0.2) is 18.5 Å². The first kappa shape index (κ1) is 15.3. The van der Waals surface area contributed by atoms with Gasteiger partial charge in [0.15, 0.2) is 24.1 Å². The highest BCUT2D eigenvalue weighted by atomic mass is 19.2. The Bertz CT molecular complexity index is 557. The number of hydrogen-bond acceptors (Lipinski definition) is 3. The molecule has 0 heterocycles. The van der Waals surface area contributed by atoms with Gasteiger partial charge in [0.05, 0.1) is 11.6 Å². The zero-order valence-corrected chi connectivity index (χ0v) is 11.1. The van der Waals surface area contributed by atoms with Crippen molar-refractivity contribution in [3.05, 3.63) is 29.6 Å². The van der Waals surface area contributed by atoms with Gasteiger partial charge in [0.2, 0.25) is 0 Å². The van der Waals surface area contributed by atoms with Crippen molar-refractivity contribution in [2.45, 2.75) is 25.7 Å². The summed E-state index contributed by atoms with van der Waals surface area (Å²) in [6, 6.07) is 1.59. The molecule has 0 aliphatic heterocycles. The van der Waals surface area contributed by atoms with Crippen molar-refractivity contribution in [3.63, 3.8) is 0 Å². The second-order valence-corrected chi connectivity index (χ2v) is 4.86. The van der Waals surface area contributed by atoms with Crippen LogP contribution in [0.25, 0.3) is 0 Å². The number of rotatable bonds is 4. The van der Waals surface area contributed by atoms with Gasteiger partial charge >= 0.3 is 5.97 Å². The first-order valence-corrected chi connectivity index (χ1v) is 6.59. The fraction of sp³-hybridized carbons (Fsp3) is 0.429. The number of ether oxygens (including phenoxy) is 1. The Balaban J connectivity index is 1.87. The normalized spacial score (nSPS) is 15.0. The standard InChI is InChI=1S/C14H14F3NO3/c15-9-5-6-10(13(17)12(9)16)18-11(19)7-21-14(20)8-3-1-2-4-8/h5-6,8H,1-4,7H2,(H,18,19). The van der Waals surface area contributed by atoms with Gasteiger partial charge in [-0.05, 0) is 25.0 Å². The van der Waals surface area contributed by atoms with Crippen LogP contribution in [-0.2, 0) is 14.3 Å². The van der Waals surface area contributed by atoms with Crippen molar-refractivity contribution in [3.8, 4) is 0 Å². The first-order valence-electron chi connectivity index (χ1n) is 6.59. The summed E-state index contributed by atoms with van der Waals surface area (Å²) in [5, 5.41) is 2.03. The van der Waals surface area contributed by atoms with Crippen molar-refractivity contribution in [2.75, 3.05) is 11.9 Å². The average molecular weight is 301 g/mol. The van der Waals surface area contributed by atoms with Crippen LogP contribution in [0.15, 0.2) is 12.1 Å². The number of amides is 1. The van der Waals surface area contributed by atoms with E-state index in [-0.39, 0.29) is 5.92 Å². The zero-order chi connectivity index (χ0) is 15.4. The van der Waals surface area contributed by atoms with Crippen molar-refractivity contribution >= 4 is 17.6 Å². The molecule has 1 aromatic rings. The number of esters is 1. The minimum Gasteiger partial charge on any atom is -0.455 e. The van der Waals surface area contributed by atoms with E-state index in [4.69, 9.17) is 4.74 Å². The third kappa shape index (κ3) is 3.74. The molecule has 0 atom stereocenters. The monoisotopic (exact) mass is 301 g/mol. The highest BCUT2D eigenvalue weighted by Crippen LogP contribution is 2.25. The van der Waals surface area contributed by atoms with Gasteiger partial charge in [-0.3, -0.25) is 9.59 Å². The van der Waals surface area contributed by atoms with E-state index in [1.807, 2.05) is 5.32 Å². The Morgan fingerprint density at radius 1 is 1.14 bits per heavy atom. The number of nitrogens with one attached hydrogen (secondary N) is 1. The molecule has 1 amide bonds. The molecular formula is C14H14F3NO3. The minimum atomic E-state index is -1.67. The van der Waals surface area contributed by atoms with Gasteiger partial charge in [-0.15, -0.1) is 0 Å². The van der Waals surface area contributed by atoms with Crippen LogP contribution in [0.4, 0.5) is 18.9 Å². The predicted octanol–water partition coefficient (Wildman–Crippen LogP) is 2.78. The van der Waals surface area contributed by atoms with E-state index in [1.54, 1.807) is 0 Å². The van der Waals surface area contributed by atoms with Gasteiger partial charge in [-0.1, -0.05) is 12.8 Å². The zero-order valence-electron chi connectivity index (χ0n) is 11.1. The maximum absolute atomic E-state index is 13.3. The van der Waals surface area contributed by atoms with E-state index in [0.29, 0.717) is 6.07 Å². The molecule has 0 spiro atoms. The number of carbonyl (C=O) groups is 2. The van der Waals surface area contributed by atoms with Crippen molar-refractivity contribution < 1.29 is 27.5 Å². The van der Waals surface area contributed by atoms with Crippen LogP contribution in [0.1, 0.15) is 25.7 Å². The lowest BCUT2D eigenvalue weighted by Crippen LogP contribution is -2.24. The number of benzene rings is 1. The molecule has 0 aromatic heterocycles. The first-order chi connectivity index (χ1) is 9.99. The lowest BCUT2D eigenvalue weighted by molar-refractivity contribution is -0.151. The van der Waals surface area contributed by atoms with E-state index < -0.39 is 41.6 Å². The van der Waals surface area contributed by atoms with E-state index in [1.165, 1.54) is 0 Å². The van der Waals surface area contributed by atoms with E-state index >= 15 is 0 Å². The summed E-state index contributed by atoms with van der Waals surface area (Å²) < 4.78 is 43.8. The van der Waals surface area contributed by atoms with Crippen LogP contribution in [0, 0.1) is 23.4 Å².